The summed E-state index contributed by atoms with van der Waals surface area (Å²) in [6.07, 6.45) is -9.11. The van der Waals surface area contributed by atoms with Gasteiger partial charge in [-0.25, -0.2) is 4.79 Å². The van der Waals surface area contributed by atoms with Crippen molar-refractivity contribution in [3.05, 3.63) is 35.4 Å². The van der Waals surface area contributed by atoms with E-state index in [4.69, 9.17) is 6.42 Å². The van der Waals surface area contributed by atoms with Gasteiger partial charge in [0.15, 0.2) is 0 Å². The third-order valence-electron chi connectivity index (χ3n) is 6.00. The van der Waals surface area contributed by atoms with Gasteiger partial charge in [-0.3, -0.25) is 4.90 Å². The highest BCUT2D eigenvalue weighted by molar-refractivity contribution is 5.68. The van der Waals surface area contributed by atoms with Crippen molar-refractivity contribution in [2.75, 3.05) is 19.6 Å². The SMILES string of the molecule is C#Cc1ccc(CN2CCCC23CCN(C(=O)OC(C(F)(F)F)C(F)(F)F)CC3)cc1. The van der Waals surface area contributed by atoms with E-state index in [1.54, 1.807) is 0 Å². The Morgan fingerprint density at radius 2 is 1.61 bits per heavy atom. The van der Waals surface area contributed by atoms with Crippen LogP contribution >= 0.6 is 0 Å². The normalized spacial score (nSPS) is 19.6. The van der Waals surface area contributed by atoms with E-state index in [1.165, 1.54) is 0 Å². The topological polar surface area (TPSA) is 32.8 Å². The molecule has 0 bridgehead atoms. The maximum Gasteiger partial charge on any atom is 0.434 e. The van der Waals surface area contributed by atoms with Gasteiger partial charge in [0.05, 0.1) is 0 Å². The molecular weight excluding hydrogens is 426 g/mol. The molecule has 1 amide bonds. The number of terminal acetylenes is 1. The highest BCUT2D eigenvalue weighted by Crippen LogP contribution is 2.40. The zero-order valence-electron chi connectivity index (χ0n) is 16.6. The van der Waals surface area contributed by atoms with Gasteiger partial charge in [-0.1, -0.05) is 18.1 Å². The van der Waals surface area contributed by atoms with Gasteiger partial charge < -0.3 is 9.64 Å². The van der Waals surface area contributed by atoms with Crippen LogP contribution in [0.15, 0.2) is 24.3 Å². The van der Waals surface area contributed by atoms with Crippen molar-refractivity contribution < 1.29 is 35.9 Å². The number of hydrogen-bond donors (Lipinski definition) is 0. The second kappa shape index (κ2) is 8.61. The second-order valence-electron chi connectivity index (χ2n) is 7.92. The Labute approximate surface area is 176 Å². The largest absolute Gasteiger partial charge is 0.434 e. The van der Waals surface area contributed by atoms with Crippen LogP contribution in [-0.2, 0) is 11.3 Å². The summed E-state index contributed by atoms with van der Waals surface area (Å²) in [4.78, 5) is 15.2. The van der Waals surface area contributed by atoms with E-state index < -0.39 is 24.5 Å². The lowest BCUT2D eigenvalue weighted by atomic mass is 9.85. The van der Waals surface area contributed by atoms with Crippen LogP contribution in [0.4, 0.5) is 31.1 Å². The molecule has 2 aliphatic heterocycles. The molecule has 0 aliphatic carbocycles. The summed E-state index contributed by atoms with van der Waals surface area (Å²) in [5.41, 5.74) is 1.58. The van der Waals surface area contributed by atoms with Crippen LogP contribution in [0, 0.1) is 12.3 Å². The van der Waals surface area contributed by atoms with Gasteiger partial charge in [0.2, 0.25) is 0 Å². The molecule has 170 valence electrons. The van der Waals surface area contributed by atoms with Crippen LogP contribution < -0.4 is 0 Å². The predicted molar refractivity (Wildman–Crippen MR) is 99.9 cm³/mol. The highest BCUT2D eigenvalue weighted by Gasteiger charge is 2.60. The van der Waals surface area contributed by atoms with Crippen molar-refractivity contribution >= 4 is 6.09 Å². The van der Waals surface area contributed by atoms with Gasteiger partial charge in [-0.2, -0.15) is 26.3 Å². The minimum atomic E-state index is -5.72. The number of nitrogens with zero attached hydrogens (tertiary/aromatic N) is 2. The Bertz CT molecular complexity index is 806. The molecule has 0 saturated carbocycles. The monoisotopic (exact) mass is 448 g/mol. The van der Waals surface area contributed by atoms with Crippen molar-refractivity contribution in [1.82, 2.24) is 9.80 Å². The van der Waals surface area contributed by atoms with Crippen molar-refractivity contribution in [2.24, 2.45) is 0 Å². The fourth-order valence-electron chi connectivity index (χ4n) is 4.33. The number of hydrogen-bond acceptors (Lipinski definition) is 3. The Hall–Kier alpha value is -2.41. The third kappa shape index (κ3) is 5.26. The Morgan fingerprint density at radius 3 is 2.13 bits per heavy atom. The van der Waals surface area contributed by atoms with E-state index in [0.717, 1.165) is 35.4 Å². The lowest BCUT2D eigenvalue weighted by molar-refractivity contribution is -0.308. The van der Waals surface area contributed by atoms with Crippen LogP contribution in [0.3, 0.4) is 0 Å². The number of carbonyl (C=O) groups excluding carboxylic acids is 1. The maximum absolute atomic E-state index is 12.7. The van der Waals surface area contributed by atoms with E-state index in [2.05, 4.69) is 15.6 Å². The zero-order chi connectivity index (χ0) is 22.9. The van der Waals surface area contributed by atoms with Crippen molar-refractivity contribution in [3.8, 4) is 12.3 Å². The summed E-state index contributed by atoms with van der Waals surface area (Å²) in [5, 5.41) is 0. The molecule has 1 aromatic carbocycles. The average molecular weight is 448 g/mol. The second-order valence-corrected chi connectivity index (χ2v) is 7.92. The molecule has 0 aromatic heterocycles. The molecule has 31 heavy (non-hydrogen) atoms. The molecule has 1 aromatic rings. The Morgan fingerprint density at radius 1 is 1.03 bits per heavy atom. The zero-order valence-corrected chi connectivity index (χ0v) is 16.6. The van der Waals surface area contributed by atoms with E-state index >= 15 is 0 Å². The first-order chi connectivity index (χ1) is 14.4. The number of halogens is 6. The van der Waals surface area contributed by atoms with Crippen molar-refractivity contribution in [3.63, 3.8) is 0 Å². The van der Waals surface area contributed by atoms with Crippen molar-refractivity contribution in [2.45, 2.75) is 56.2 Å². The predicted octanol–water partition coefficient (Wildman–Crippen LogP) is 4.73. The van der Waals surface area contributed by atoms with Gasteiger partial charge in [-0.05, 0) is 49.9 Å². The average Bonchev–Trinajstić information content (AvgIpc) is 3.07. The van der Waals surface area contributed by atoms with E-state index in [1.807, 2.05) is 24.3 Å². The molecule has 0 N–H and O–H groups in total. The first-order valence-corrected chi connectivity index (χ1v) is 9.84. The lowest BCUT2D eigenvalue weighted by Gasteiger charge is -2.45. The van der Waals surface area contributed by atoms with Gasteiger partial charge >= 0.3 is 18.4 Å². The number of carbonyl (C=O) groups is 1. The summed E-state index contributed by atoms with van der Waals surface area (Å²) < 4.78 is 79.8. The minimum Gasteiger partial charge on any atom is -0.426 e. The Balaban J connectivity index is 1.61. The summed E-state index contributed by atoms with van der Waals surface area (Å²) in [6, 6.07) is 7.55. The molecule has 2 fully saturated rings. The fraction of sp³-hybridized carbons (Fsp3) is 0.571. The van der Waals surface area contributed by atoms with Gasteiger partial charge in [0, 0.05) is 30.7 Å². The van der Waals surface area contributed by atoms with Crippen LogP contribution in [0.1, 0.15) is 36.8 Å². The fourth-order valence-corrected chi connectivity index (χ4v) is 4.33. The number of benzene rings is 1. The van der Waals surface area contributed by atoms with Gasteiger partial charge in [0.1, 0.15) is 0 Å². The molecule has 0 radical (unpaired) electrons. The number of amides is 1. The lowest BCUT2D eigenvalue weighted by Crippen LogP contribution is -2.54. The summed E-state index contributed by atoms with van der Waals surface area (Å²) in [5.74, 6) is 2.55. The summed E-state index contributed by atoms with van der Waals surface area (Å²) in [6.45, 7) is 1.55. The molecular formula is C21H22F6N2O2. The van der Waals surface area contributed by atoms with E-state index in [9.17, 15) is 31.1 Å². The maximum atomic E-state index is 12.7. The van der Waals surface area contributed by atoms with Gasteiger partial charge in [0.25, 0.3) is 6.10 Å². The molecule has 2 saturated heterocycles. The van der Waals surface area contributed by atoms with E-state index in [0.29, 0.717) is 19.4 Å². The molecule has 0 atom stereocenters. The molecule has 10 heteroatoms. The number of piperidine rings is 1. The quantitative estimate of drug-likeness (QED) is 0.495. The van der Waals surface area contributed by atoms with Crippen molar-refractivity contribution in [1.29, 1.82) is 0 Å². The summed E-state index contributed by atoms with van der Waals surface area (Å²) >= 11 is 0. The molecule has 0 unspecified atom stereocenters. The van der Waals surface area contributed by atoms with Crippen LogP contribution in [0.5, 0.6) is 0 Å². The summed E-state index contributed by atoms with van der Waals surface area (Å²) in [7, 11) is 0. The van der Waals surface area contributed by atoms with E-state index in [-0.39, 0.29) is 18.6 Å². The molecule has 2 aliphatic rings. The third-order valence-corrected chi connectivity index (χ3v) is 6.00. The number of rotatable bonds is 3. The minimum absolute atomic E-state index is 0.0355. The van der Waals surface area contributed by atoms with Crippen LogP contribution in [0.2, 0.25) is 0 Å². The van der Waals surface area contributed by atoms with Gasteiger partial charge in [-0.15, -0.1) is 6.42 Å². The highest BCUT2D eigenvalue weighted by atomic mass is 19.4. The Kier molecular flexibility index (Phi) is 6.46. The standard InChI is InChI=1S/C21H22F6N2O2/c1-2-15-4-6-16(7-5-15)14-29-11-3-8-19(29)9-12-28(13-10-19)18(30)31-17(20(22,23)24)21(25,26)27/h1,4-7,17H,3,8-14H2. The van der Waals surface area contributed by atoms with Crippen LogP contribution in [-0.4, -0.2) is 59.5 Å². The number of likely N-dealkylation sites (tertiary alicyclic amines) is 2. The molecule has 1 spiro atoms. The van der Waals surface area contributed by atoms with Crippen LogP contribution in [0.25, 0.3) is 0 Å². The smallest absolute Gasteiger partial charge is 0.426 e. The first-order valence-electron chi connectivity index (χ1n) is 9.84. The number of ether oxygens (including phenoxy) is 1. The first kappa shape index (κ1) is 23.3. The molecule has 4 nitrogen and oxygen atoms in total. The molecule has 2 heterocycles. The molecule has 3 rings (SSSR count). The number of alkyl halides is 6.